The van der Waals surface area contributed by atoms with Crippen molar-refractivity contribution in [3.63, 3.8) is 0 Å². The van der Waals surface area contributed by atoms with E-state index in [1.54, 1.807) is 36.4 Å². The maximum absolute atomic E-state index is 12.6. The van der Waals surface area contributed by atoms with Crippen LogP contribution in [-0.4, -0.2) is 11.8 Å². The Hall–Kier alpha value is -3.65. The first-order valence-corrected chi connectivity index (χ1v) is 7.73. The Morgan fingerprint density at radius 2 is 1.48 bits per heavy atom. The molecular weight excluding hydrogens is 314 g/mol. The summed E-state index contributed by atoms with van der Waals surface area (Å²) >= 11 is 0. The average molecular weight is 329 g/mol. The normalized spacial score (nSPS) is 10.0. The molecule has 2 N–H and O–H groups in total. The summed E-state index contributed by atoms with van der Waals surface area (Å²) in [5.41, 5.74) is 1.80. The third-order valence-electron chi connectivity index (χ3n) is 3.70. The van der Waals surface area contributed by atoms with Crippen molar-refractivity contribution >= 4 is 34.0 Å². The lowest BCUT2D eigenvalue weighted by molar-refractivity contribution is -0.115. The van der Waals surface area contributed by atoms with Gasteiger partial charge in [0.1, 0.15) is 6.42 Å². The number of hydrogen-bond donors (Lipinski definition) is 2. The molecule has 0 saturated carbocycles. The van der Waals surface area contributed by atoms with Crippen LogP contribution in [0, 0.1) is 11.3 Å². The molecule has 3 rings (SSSR count). The SMILES string of the molecule is N#CCC(=O)Nc1ccc(NC(=O)c2cccc3ccccc23)cc1. The van der Waals surface area contributed by atoms with Gasteiger partial charge < -0.3 is 10.6 Å². The third-order valence-corrected chi connectivity index (χ3v) is 3.70. The number of benzene rings is 3. The molecule has 0 heterocycles. The van der Waals surface area contributed by atoms with Crippen molar-refractivity contribution in [3.8, 4) is 6.07 Å². The van der Waals surface area contributed by atoms with Crippen LogP contribution < -0.4 is 10.6 Å². The second-order valence-electron chi connectivity index (χ2n) is 5.44. The molecule has 5 nitrogen and oxygen atoms in total. The molecule has 0 aliphatic carbocycles. The first-order chi connectivity index (χ1) is 12.2. The van der Waals surface area contributed by atoms with Gasteiger partial charge in [0.2, 0.25) is 5.91 Å². The Kier molecular flexibility index (Phi) is 4.72. The van der Waals surface area contributed by atoms with Gasteiger partial charge in [-0.2, -0.15) is 5.26 Å². The molecule has 122 valence electrons. The highest BCUT2D eigenvalue weighted by Gasteiger charge is 2.10. The molecule has 0 atom stereocenters. The molecule has 0 spiro atoms. The van der Waals surface area contributed by atoms with Crippen molar-refractivity contribution in [2.24, 2.45) is 0 Å². The molecule has 25 heavy (non-hydrogen) atoms. The number of carbonyl (C=O) groups excluding carboxylic acids is 2. The lowest BCUT2D eigenvalue weighted by atomic mass is 10.0. The van der Waals surface area contributed by atoms with E-state index in [1.165, 1.54) is 0 Å². The van der Waals surface area contributed by atoms with Gasteiger partial charge in [0.25, 0.3) is 5.91 Å². The summed E-state index contributed by atoms with van der Waals surface area (Å²) < 4.78 is 0. The van der Waals surface area contributed by atoms with Crippen LogP contribution in [0.5, 0.6) is 0 Å². The summed E-state index contributed by atoms with van der Waals surface area (Å²) in [7, 11) is 0. The lowest BCUT2D eigenvalue weighted by Crippen LogP contribution is -2.13. The van der Waals surface area contributed by atoms with Crippen molar-refractivity contribution < 1.29 is 9.59 Å². The van der Waals surface area contributed by atoms with E-state index in [2.05, 4.69) is 10.6 Å². The molecule has 0 unspecified atom stereocenters. The molecule has 0 radical (unpaired) electrons. The van der Waals surface area contributed by atoms with Crippen LogP contribution in [0.15, 0.2) is 66.7 Å². The van der Waals surface area contributed by atoms with Crippen LogP contribution in [0.25, 0.3) is 10.8 Å². The van der Waals surface area contributed by atoms with Crippen molar-refractivity contribution in [2.45, 2.75) is 6.42 Å². The maximum Gasteiger partial charge on any atom is 0.256 e. The highest BCUT2D eigenvalue weighted by atomic mass is 16.2. The Balaban J connectivity index is 1.75. The standard InChI is InChI=1S/C20H15N3O2/c21-13-12-19(24)22-15-8-10-16(11-9-15)23-20(25)18-7-3-5-14-4-1-2-6-17(14)18/h1-11H,12H2,(H,22,24)(H,23,25). The van der Waals surface area contributed by atoms with E-state index in [0.717, 1.165) is 10.8 Å². The average Bonchev–Trinajstić information content (AvgIpc) is 2.63. The van der Waals surface area contributed by atoms with Crippen LogP contribution in [0.1, 0.15) is 16.8 Å². The Bertz CT molecular complexity index is 967. The predicted molar refractivity (Wildman–Crippen MR) is 97.2 cm³/mol. The zero-order valence-corrected chi connectivity index (χ0v) is 13.3. The number of nitrogens with one attached hydrogen (secondary N) is 2. The fourth-order valence-corrected chi connectivity index (χ4v) is 2.54. The van der Waals surface area contributed by atoms with Gasteiger partial charge in [0.05, 0.1) is 6.07 Å². The van der Waals surface area contributed by atoms with Gasteiger partial charge in [-0.15, -0.1) is 0 Å². The van der Waals surface area contributed by atoms with Gasteiger partial charge in [-0.3, -0.25) is 9.59 Å². The summed E-state index contributed by atoms with van der Waals surface area (Å²) in [6, 6.07) is 21.9. The van der Waals surface area contributed by atoms with E-state index in [-0.39, 0.29) is 18.2 Å². The molecule has 3 aromatic carbocycles. The van der Waals surface area contributed by atoms with Crippen LogP contribution in [-0.2, 0) is 4.79 Å². The third kappa shape index (κ3) is 3.82. The lowest BCUT2D eigenvalue weighted by Gasteiger charge is -2.09. The van der Waals surface area contributed by atoms with E-state index in [9.17, 15) is 9.59 Å². The number of rotatable bonds is 4. The van der Waals surface area contributed by atoms with E-state index >= 15 is 0 Å². The van der Waals surface area contributed by atoms with Crippen molar-refractivity contribution in [3.05, 3.63) is 72.3 Å². The highest BCUT2D eigenvalue weighted by molar-refractivity contribution is 6.13. The van der Waals surface area contributed by atoms with E-state index in [4.69, 9.17) is 5.26 Å². The minimum atomic E-state index is -0.366. The van der Waals surface area contributed by atoms with Crippen molar-refractivity contribution in [1.82, 2.24) is 0 Å². The molecule has 0 aromatic heterocycles. The van der Waals surface area contributed by atoms with Gasteiger partial charge in [0, 0.05) is 16.9 Å². The van der Waals surface area contributed by atoms with Gasteiger partial charge in [-0.1, -0.05) is 36.4 Å². The first kappa shape index (κ1) is 16.2. The minimum absolute atomic E-state index is 0.195. The van der Waals surface area contributed by atoms with Gasteiger partial charge >= 0.3 is 0 Å². The number of nitriles is 1. The highest BCUT2D eigenvalue weighted by Crippen LogP contribution is 2.20. The summed E-state index contributed by atoms with van der Waals surface area (Å²) in [5, 5.41) is 15.8. The second kappa shape index (κ2) is 7.28. The first-order valence-electron chi connectivity index (χ1n) is 7.73. The van der Waals surface area contributed by atoms with Gasteiger partial charge in [-0.05, 0) is 41.1 Å². The smallest absolute Gasteiger partial charge is 0.256 e. The Morgan fingerprint density at radius 1 is 0.840 bits per heavy atom. The van der Waals surface area contributed by atoms with E-state index < -0.39 is 0 Å². The predicted octanol–water partition coefficient (Wildman–Crippen LogP) is 3.94. The van der Waals surface area contributed by atoms with Crippen LogP contribution in [0.2, 0.25) is 0 Å². The van der Waals surface area contributed by atoms with Crippen molar-refractivity contribution in [1.29, 1.82) is 5.26 Å². The summed E-state index contributed by atoms with van der Waals surface area (Å²) in [6.07, 6.45) is -0.195. The van der Waals surface area contributed by atoms with Crippen LogP contribution in [0.3, 0.4) is 0 Å². The fraction of sp³-hybridized carbons (Fsp3) is 0.0500. The van der Waals surface area contributed by atoms with Crippen molar-refractivity contribution in [2.75, 3.05) is 10.6 Å². The molecular formula is C20H15N3O2. The number of amides is 2. The van der Waals surface area contributed by atoms with E-state index in [1.807, 2.05) is 36.4 Å². The Labute approximate surface area is 144 Å². The number of fused-ring (bicyclic) bond motifs is 1. The molecule has 0 fully saturated rings. The van der Waals surface area contributed by atoms with Gasteiger partial charge in [-0.25, -0.2) is 0 Å². The topological polar surface area (TPSA) is 82.0 Å². The molecule has 0 aliphatic heterocycles. The second-order valence-corrected chi connectivity index (χ2v) is 5.44. The number of carbonyl (C=O) groups is 2. The van der Waals surface area contributed by atoms with Crippen LogP contribution in [0.4, 0.5) is 11.4 Å². The zero-order valence-electron chi connectivity index (χ0n) is 13.3. The monoisotopic (exact) mass is 329 g/mol. The molecule has 2 amide bonds. The number of anilines is 2. The molecule has 0 saturated heterocycles. The maximum atomic E-state index is 12.6. The Morgan fingerprint density at radius 3 is 2.20 bits per heavy atom. The van der Waals surface area contributed by atoms with Gasteiger partial charge in [0.15, 0.2) is 0 Å². The molecule has 0 bridgehead atoms. The minimum Gasteiger partial charge on any atom is -0.325 e. The summed E-state index contributed by atoms with van der Waals surface area (Å²) in [5.74, 6) is -0.562. The number of hydrogen-bond acceptors (Lipinski definition) is 3. The summed E-state index contributed by atoms with van der Waals surface area (Å²) in [4.78, 5) is 23.9. The molecule has 3 aromatic rings. The molecule has 0 aliphatic rings. The number of nitrogens with zero attached hydrogens (tertiary/aromatic N) is 1. The summed E-state index contributed by atoms with van der Waals surface area (Å²) in [6.45, 7) is 0. The van der Waals surface area contributed by atoms with E-state index in [0.29, 0.717) is 16.9 Å². The quantitative estimate of drug-likeness (QED) is 0.760. The van der Waals surface area contributed by atoms with Crippen LogP contribution >= 0.6 is 0 Å². The largest absolute Gasteiger partial charge is 0.325 e. The fourth-order valence-electron chi connectivity index (χ4n) is 2.54. The zero-order chi connectivity index (χ0) is 17.6. The molecule has 5 heteroatoms.